The molecule has 0 spiro atoms. The first-order valence-corrected chi connectivity index (χ1v) is 4.42. The Morgan fingerprint density at radius 2 is 2.33 bits per heavy atom. The summed E-state index contributed by atoms with van der Waals surface area (Å²) in [6.45, 7) is 0. The first-order valence-electron chi connectivity index (χ1n) is 2.17. The summed E-state index contributed by atoms with van der Waals surface area (Å²) in [4.78, 5) is 3.92. The summed E-state index contributed by atoms with van der Waals surface area (Å²) in [7, 11) is 0. The lowest BCUT2D eigenvalue weighted by molar-refractivity contribution is 1.26. The minimum absolute atomic E-state index is 0.679. The standard InChI is InChI=1S/C5H2BrClIN/c6-5-4(7)3(8)1-2-9-5/h1-2H. The molecule has 1 nitrogen and oxygen atoms in total. The summed E-state index contributed by atoms with van der Waals surface area (Å²) in [5, 5.41) is 0.679. The van der Waals surface area contributed by atoms with Gasteiger partial charge >= 0.3 is 0 Å². The fourth-order valence-electron chi connectivity index (χ4n) is 0.397. The van der Waals surface area contributed by atoms with Crippen molar-refractivity contribution < 1.29 is 0 Å². The molecule has 1 heterocycles. The van der Waals surface area contributed by atoms with E-state index in [0.29, 0.717) is 9.63 Å². The topological polar surface area (TPSA) is 12.9 Å². The molecule has 1 aromatic rings. The van der Waals surface area contributed by atoms with Crippen molar-refractivity contribution in [2.75, 3.05) is 0 Å². The maximum absolute atomic E-state index is 5.76. The van der Waals surface area contributed by atoms with Gasteiger partial charge in [-0.3, -0.25) is 0 Å². The van der Waals surface area contributed by atoms with E-state index in [1.54, 1.807) is 6.20 Å². The molecule has 0 radical (unpaired) electrons. The zero-order valence-corrected chi connectivity index (χ0v) is 8.74. The number of halogens is 3. The van der Waals surface area contributed by atoms with Crippen molar-refractivity contribution in [3.8, 4) is 0 Å². The summed E-state index contributed by atoms with van der Waals surface area (Å²) < 4.78 is 1.72. The predicted octanol–water partition coefficient (Wildman–Crippen LogP) is 3.10. The molecule has 9 heavy (non-hydrogen) atoms. The first kappa shape index (κ1) is 7.75. The van der Waals surface area contributed by atoms with Crippen LogP contribution in [-0.2, 0) is 0 Å². The van der Waals surface area contributed by atoms with Crippen molar-refractivity contribution in [1.29, 1.82) is 0 Å². The molecule has 0 unspecified atom stereocenters. The van der Waals surface area contributed by atoms with Crippen molar-refractivity contribution in [3.63, 3.8) is 0 Å². The SMILES string of the molecule is Clc1c(I)ccnc1Br. The Hall–Kier alpha value is 0.650. The van der Waals surface area contributed by atoms with Gasteiger partial charge in [0.25, 0.3) is 0 Å². The van der Waals surface area contributed by atoms with Crippen molar-refractivity contribution in [1.82, 2.24) is 4.98 Å². The summed E-state index contributed by atoms with van der Waals surface area (Å²) >= 11 is 11.1. The molecular formula is C5H2BrClIN. The van der Waals surface area contributed by atoms with Crippen LogP contribution in [0.4, 0.5) is 0 Å². The second-order valence-electron chi connectivity index (χ2n) is 1.40. The summed E-state index contributed by atoms with van der Waals surface area (Å²) in [6.07, 6.45) is 1.71. The highest BCUT2D eigenvalue weighted by Gasteiger charge is 1.99. The molecule has 4 heteroatoms. The molecule has 1 aromatic heterocycles. The van der Waals surface area contributed by atoms with E-state index in [1.807, 2.05) is 6.07 Å². The molecule has 0 aliphatic heterocycles. The number of hydrogen-bond donors (Lipinski definition) is 0. The Balaban J connectivity index is 3.25. The van der Waals surface area contributed by atoms with Gasteiger partial charge in [0.15, 0.2) is 0 Å². The zero-order chi connectivity index (χ0) is 6.85. The van der Waals surface area contributed by atoms with Crippen LogP contribution in [0.3, 0.4) is 0 Å². The van der Waals surface area contributed by atoms with Crippen molar-refractivity contribution in [3.05, 3.63) is 25.5 Å². The molecule has 0 N–H and O–H groups in total. The highest BCUT2D eigenvalue weighted by molar-refractivity contribution is 14.1. The van der Waals surface area contributed by atoms with E-state index in [2.05, 4.69) is 43.5 Å². The fourth-order valence-corrected chi connectivity index (χ4v) is 1.63. The number of rotatable bonds is 0. The lowest BCUT2D eigenvalue weighted by Crippen LogP contribution is -1.78. The molecule has 0 saturated carbocycles. The maximum Gasteiger partial charge on any atom is 0.125 e. The smallest absolute Gasteiger partial charge is 0.125 e. The average Bonchev–Trinajstić information content (AvgIpc) is 1.83. The van der Waals surface area contributed by atoms with Crippen LogP contribution in [0.25, 0.3) is 0 Å². The maximum atomic E-state index is 5.76. The van der Waals surface area contributed by atoms with Crippen LogP contribution in [0, 0.1) is 3.57 Å². The lowest BCUT2D eigenvalue weighted by Gasteiger charge is -1.94. The van der Waals surface area contributed by atoms with Crippen LogP contribution in [0.1, 0.15) is 0 Å². The van der Waals surface area contributed by atoms with Crippen molar-refractivity contribution in [2.45, 2.75) is 0 Å². The summed E-state index contributed by atoms with van der Waals surface area (Å²) in [6, 6.07) is 1.85. The quantitative estimate of drug-likeness (QED) is 0.529. The molecule has 0 atom stereocenters. The summed E-state index contributed by atoms with van der Waals surface area (Å²) in [5.74, 6) is 0. The van der Waals surface area contributed by atoms with Crippen LogP contribution >= 0.6 is 50.1 Å². The Morgan fingerprint density at radius 1 is 1.67 bits per heavy atom. The Bertz CT molecular complexity index is 208. The molecule has 0 aromatic carbocycles. The Labute approximate surface area is 80.1 Å². The molecular weight excluding hydrogens is 316 g/mol. The van der Waals surface area contributed by atoms with Gasteiger partial charge in [-0.1, -0.05) is 11.6 Å². The molecule has 0 amide bonds. The van der Waals surface area contributed by atoms with Crippen LogP contribution < -0.4 is 0 Å². The third-order valence-corrected chi connectivity index (χ3v) is 3.23. The van der Waals surface area contributed by atoms with Crippen molar-refractivity contribution in [2.24, 2.45) is 0 Å². The Kier molecular flexibility index (Phi) is 2.73. The number of pyridine rings is 1. The molecule has 0 fully saturated rings. The van der Waals surface area contributed by atoms with E-state index in [0.717, 1.165) is 3.57 Å². The second kappa shape index (κ2) is 3.16. The largest absolute Gasteiger partial charge is 0.248 e. The highest BCUT2D eigenvalue weighted by atomic mass is 127. The third kappa shape index (κ3) is 1.78. The predicted molar refractivity (Wildman–Crippen MR) is 49.7 cm³/mol. The van der Waals surface area contributed by atoms with Gasteiger partial charge in [-0.15, -0.1) is 0 Å². The van der Waals surface area contributed by atoms with E-state index in [9.17, 15) is 0 Å². The normalized spacial score (nSPS) is 9.67. The summed E-state index contributed by atoms with van der Waals surface area (Å²) in [5.41, 5.74) is 0. The van der Waals surface area contributed by atoms with E-state index in [4.69, 9.17) is 11.6 Å². The molecule has 0 aliphatic carbocycles. The van der Waals surface area contributed by atoms with E-state index in [-0.39, 0.29) is 0 Å². The minimum Gasteiger partial charge on any atom is -0.248 e. The highest BCUT2D eigenvalue weighted by Crippen LogP contribution is 2.24. The molecule has 0 bridgehead atoms. The Morgan fingerprint density at radius 3 is 2.78 bits per heavy atom. The van der Waals surface area contributed by atoms with Crippen LogP contribution in [0.5, 0.6) is 0 Å². The van der Waals surface area contributed by atoms with Gasteiger partial charge in [0.1, 0.15) is 4.60 Å². The van der Waals surface area contributed by atoms with Crippen LogP contribution in [-0.4, -0.2) is 4.98 Å². The van der Waals surface area contributed by atoms with Gasteiger partial charge in [-0.05, 0) is 44.6 Å². The second-order valence-corrected chi connectivity index (χ2v) is 3.69. The van der Waals surface area contributed by atoms with Crippen LogP contribution in [0.2, 0.25) is 5.02 Å². The number of aromatic nitrogens is 1. The molecule has 1 rings (SSSR count). The third-order valence-electron chi connectivity index (χ3n) is 0.800. The van der Waals surface area contributed by atoms with Crippen molar-refractivity contribution >= 4 is 50.1 Å². The van der Waals surface area contributed by atoms with Gasteiger partial charge in [-0.25, -0.2) is 4.98 Å². The average molecular weight is 318 g/mol. The van der Waals surface area contributed by atoms with Gasteiger partial charge in [0.2, 0.25) is 0 Å². The minimum atomic E-state index is 0.679. The van der Waals surface area contributed by atoms with Gasteiger partial charge < -0.3 is 0 Å². The lowest BCUT2D eigenvalue weighted by atomic mass is 10.5. The van der Waals surface area contributed by atoms with E-state index >= 15 is 0 Å². The van der Waals surface area contributed by atoms with E-state index < -0.39 is 0 Å². The van der Waals surface area contributed by atoms with E-state index in [1.165, 1.54) is 0 Å². The molecule has 0 aliphatic rings. The van der Waals surface area contributed by atoms with Gasteiger partial charge in [-0.2, -0.15) is 0 Å². The zero-order valence-electron chi connectivity index (χ0n) is 4.24. The van der Waals surface area contributed by atoms with Gasteiger partial charge in [0, 0.05) is 9.77 Å². The fraction of sp³-hybridized carbons (Fsp3) is 0. The number of nitrogens with zero attached hydrogens (tertiary/aromatic N) is 1. The van der Waals surface area contributed by atoms with Crippen LogP contribution in [0.15, 0.2) is 16.9 Å². The molecule has 0 saturated heterocycles. The molecule has 48 valence electrons. The first-order chi connectivity index (χ1) is 4.22. The monoisotopic (exact) mass is 317 g/mol. The van der Waals surface area contributed by atoms with Gasteiger partial charge in [0.05, 0.1) is 5.02 Å². The number of hydrogen-bond acceptors (Lipinski definition) is 1.